The van der Waals surface area contributed by atoms with E-state index in [1.54, 1.807) is 6.07 Å². The number of hydrogen-bond acceptors (Lipinski definition) is 3. The summed E-state index contributed by atoms with van der Waals surface area (Å²) >= 11 is 5.91. The van der Waals surface area contributed by atoms with Gasteiger partial charge in [-0.1, -0.05) is 44.5 Å². The second-order valence-corrected chi connectivity index (χ2v) is 6.19. The molecule has 0 radical (unpaired) electrons. The molecule has 1 aromatic heterocycles. The Balaban J connectivity index is 2.04. The van der Waals surface area contributed by atoms with Gasteiger partial charge in [0.1, 0.15) is 17.5 Å². The summed E-state index contributed by atoms with van der Waals surface area (Å²) < 4.78 is 5.72. The lowest BCUT2D eigenvalue weighted by Gasteiger charge is -2.23. The van der Waals surface area contributed by atoms with Crippen molar-refractivity contribution in [2.45, 2.75) is 46.1 Å². The predicted molar refractivity (Wildman–Crippen MR) is 85.9 cm³/mol. The van der Waals surface area contributed by atoms with Crippen LogP contribution < -0.4 is 4.74 Å². The van der Waals surface area contributed by atoms with Gasteiger partial charge in [-0.05, 0) is 42.5 Å². The molecule has 2 aromatic rings. The first-order valence-electron chi connectivity index (χ1n) is 7.14. The molecule has 1 aromatic carbocycles. The molecule has 0 aliphatic rings. The van der Waals surface area contributed by atoms with Gasteiger partial charge in [-0.2, -0.15) is 0 Å². The van der Waals surface area contributed by atoms with E-state index in [1.807, 2.05) is 19.1 Å². The predicted octanol–water partition coefficient (Wildman–Crippen LogP) is 4.71. The fourth-order valence-electron chi connectivity index (χ4n) is 2.01. The molecule has 0 unspecified atom stereocenters. The summed E-state index contributed by atoms with van der Waals surface area (Å²) in [7, 11) is 0. The van der Waals surface area contributed by atoms with Crippen LogP contribution in [-0.4, -0.2) is 9.97 Å². The molecule has 0 N–H and O–H groups in total. The lowest BCUT2D eigenvalue weighted by molar-refractivity contribution is 0.295. The highest BCUT2D eigenvalue weighted by Gasteiger charge is 2.17. The number of halogens is 1. The molecular weight excluding hydrogens is 284 g/mol. The van der Waals surface area contributed by atoms with Gasteiger partial charge in [-0.25, -0.2) is 9.97 Å². The second-order valence-electron chi connectivity index (χ2n) is 5.80. The van der Waals surface area contributed by atoms with Crippen molar-refractivity contribution in [2.24, 2.45) is 0 Å². The maximum Gasteiger partial charge on any atom is 0.167 e. The van der Waals surface area contributed by atoms with Crippen LogP contribution in [0.2, 0.25) is 5.15 Å². The zero-order valence-corrected chi connectivity index (χ0v) is 13.7. The highest BCUT2D eigenvalue weighted by molar-refractivity contribution is 6.29. The molecule has 0 amide bonds. The number of aromatic nitrogens is 2. The standard InChI is InChI=1S/C17H21ClN2O/c1-5-17(3,4)13-6-8-14(9-7-13)21-11-16-19-12(2)10-15(18)20-16/h6-10H,5,11H2,1-4H3. The Morgan fingerprint density at radius 3 is 2.38 bits per heavy atom. The molecule has 1 heterocycles. The topological polar surface area (TPSA) is 35.0 Å². The Hall–Kier alpha value is -1.61. The van der Waals surface area contributed by atoms with Crippen molar-refractivity contribution < 1.29 is 4.74 Å². The summed E-state index contributed by atoms with van der Waals surface area (Å²) in [5.74, 6) is 1.41. The molecular formula is C17H21ClN2O. The number of hydrogen-bond donors (Lipinski definition) is 0. The number of rotatable bonds is 5. The minimum Gasteiger partial charge on any atom is -0.486 e. The van der Waals surface area contributed by atoms with Gasteiger partial charge in [0.25, 0.3) is 0 Å². The van der Waals surface area contributed by atoms with Gasteiger partial charge in [-0.3, -0.25) is 0 Å². The first-order chi connectivity index (χ1) is 9.90. The first-order valence-corrected chi connectivity index (χ1v) is 7.52. The molecule has 0 bridgehead atoms. The minimum absolute atomic E-state index is 0.186. The third kappa shape index (κ3) is 4.18. The van der Waals surface area contributed by atoms with E-state index in [1.165, 1.54) is 5.56 Å². The molecule has 0 fully saturated rings. The molecule has 0 aliphatic heterocycles. The third-order valence-electron chi connectivity index (χ3n) is 3.76. The number of benzene rings is 1. The van der Waals surface area contributed by atoms with Crippen molar-refractivity contribution in [1.82, 2.24) is 9.97 Å². The number of ether oxygens (including phenoxy) is 1. The molecule has 2 rings (SSSR count). The van der Waals surface area contributed by atoms with Gasteiger partial charge in [0.05, 0.1) is 0 Å². The van der Waals surface area contributed by atoms with E-state index in [0.717, 1.165) is 17.9 Å². The van der Waals surface area contributed by atoms with E-state index >= 15 is 0 Å². The van der Waals surface area contributed by atoms with Gasteiger partial charge in [0, 0.05) is 5.69 Å². The summed E-state index contributed by atoms with van der Waals surface area (Å²) in [6.45, 7) is 8.89. The lowest BCUT2D eigenvalue weighted by atomic mass is 9.82. The van der Waals surface area contributed by atoms with Gasteiger partial charge < -0.3 is 4.74 Å². The maximum atomic E-state index is 5.91. The van der Waals surface area contributed by atoms with Crippen molar-refractivity contribution in [2.75, 3.05) is 0 Å². The highest BCUT2D eigenvalue weighted by Crippen LogP contribution is 2.28. The third-order valence-corrected chi connectivity index (χ3v) is 3.95. The summed E-state index contributed by atoms with van der Waals surface area (Å²) in [4.78, 5) is 8.45. The SMILES string of the molecule is CCC(C)(C)c1ccc(OCc2nc(C)cc(Cl)n2)cc1. The monoisotopic (exact) mass is 304 g/mol. The van der Waals surface area contributed by atoms with Crippen molar-refractivity contribution in [1.29, 1.82) is 0 Å². The summed E-state index contributed by atoms with van der Waals surface area (Å²) in [5, 5.41) is 0.446. The van der Waals surface area contributed by atoms with E-state index in [9.17, 15) is 0 Å². The Morgan fingerprint density at radius 1 is 1.14 bits per heavy atom. The fraction of sp³-hybridized carbons (Fsp3) is 0.412. The van der Waals surface area contributed by atoms with Gasteiger partial charge >= 0.3 is 0 Å². The van der Waals surface area contributed by atoms with Crippen LogP contribution in [0.5, 0.6) is 5.75 Å². The van der Waals surface area contributed by atoms with Gasteiger partial charge in [0.15, 0.2) is 5.82 Å². The summed E-state index contributed by atoms with van der Waals surface area (Å²) in [6.07, 6.45) is 1.10. The van der Waals surface area contributed by atoms with Crippen LogP contribution in [-0.2, 0) is 12.0 Å². The van der Waals surface area contributed by atoms with Crippen LogP contribution in [0.4, 0.5) is 0 Å². The average molecular weight is 305 g/mol. The summed E-state index contributed by atoms with van der Waals surface area (Å²) in [5.41, 5.74) is 2.34. The molecule has 0 atom stereocenters. The van der Waals surface area contributed by atoms with Crippen LogP contribution in [0.1, 0.15) is 44.3 Å². The van der Waals surface area contributed by atoms with Crippen molar-refractivity contribution >= 4 is 11.6 Å². The van der Waals surface area contributed by atoms with E-state index < -0.39 is 0 Å². The van der Waals surface area contributed by atoms with E-state index in [2.05, 4.69) is 42.9 Å². The maximum absolute atomic E-state index is 5.91. The Bertz CT molecular complexity index is 588. The Morgan fingerprint density at radius 2 is 1.81 bits per heavy atom. The van der Waals surface area contributed by atoms with Crippen molar-refractivity contribution in [3.63, 3.8) is 0 Å². The smallest absolute Gasteiger partial charge is 0.167 e. The van der Waals surface area contributed by atoms with Crippen molar-refractivity contribution in [3.8, 4) is 5.75 Å². The van der Waals surface area contributed by atoms with Gasteiger partial charge in [0.2, 0.25) is 0 Å². The zero-order chi connectivity index (χ0) is 15.5. The van der Waals surface area contributed by atoms with Crippen LogP contribution in [0.25, 0.3) is 0 Å². The van der Waals surface area contributed by atoms with E-state index in [0.29, 0.717) is 17.6 Å². The lowest BCUT2D eigenvalue weighted by Crippen LogP contribution is -2.15. The van der Waals surface area contributed by atoms with Crippen LogP contribution in [0.15, 0.2) is 30.3 Å². The van der Waals surface area contributed by atoms with E-state index in [-0.39, 0.29) is 5.41 Å². The second kappa shape index (κ2) is 6.44. The van der Waals surface area contributed by atoms with Crippen LogP contribution in [0.3, 0.4) is 0 Å². The Kier molecular flexibility index (Phi) is 4.84. The summed E-state index contributed by atoms with van der Waals surface area (Å²) in [6, 6.07) is 9.94. The van der Waals surface area contributed by atoms with Crippen LogP contribution in [0, 0.1) is 6.92 Å². The molecule has 4 heteroatoms. The molecule has 0 saturated heterocycles. The molecule has 0 spiro atoms. The number of aryl methyl sites for hydroxylation is 1. The fourth-order valence-corrected chi connectivity index (χ4v) is 2.26. The zero-order valence-electron chi connectivity index (χ0n) is 13.0. The molecule has 3 nitrogen and oxygen atoms in total. The molecule has 0 saturated carbocycles. The first kappa shape index (κ1) is 15.8. The van der Waals surface area contributed by atoms with Crippen LogP contribution >= 0.6 is 11.6 Å². The largest absolute Gasteiger partial charge is 0.486 e. The normalized spacial score (nSPS) is 11.5. The molecule has 21 heavy (non-hydrogen) atoms. The molecule has 112 valence electrons. The minimum atomic E-state index is 0.186. The van der Waals surface area contributed by atoms with Crippen molar-refractivity contribution in [3.05, 3.63) is 52.6 Å². The van der Waals surface area contributed by atoms with E-state index in [4.69, 9.17) is 16.3 Å². The highest BCUT2D eigenvalue weighted by atomic mass is 35.5. The number of nitrogens with zero attached hydrogens (tertiary/aromatic N) is 2. The quantitative estimate of drug-likeness (QED) is 0.751. The molecule has 0 aliphatic carbocycles. The Labute approximate surface area is 131 Å². The average Bonchev–Trinajstić information content (AvgIpc) is 2.44. The van der Waals surface area contributed by atoms with Gasteiger partial charge in [-0.15, -0.1) is 0 Å².